The van der Waals surface area contributed by atoms with Gasteiger partial charge >= 0.3 is 0 Å². The van der Waals surface area contributed by atoms with Gasteiger partial charge in [0.05, 0.1) is 25.2 Å². The summed E-state index contributed by atoms with van der Waals surface area (Å²) in [6, 6.07) is 20.5. The van der Waals surface area contributed by atoms with E-state index in [2.05, 4.69) is 29.2 Å². The molecule has 1 saturated heterocycles. The summed E-state index contributed by atoms with van der Waals surface area (Å²) in [6.07, 6.45) is 0. The lowest BCUT2D eigenvalue weighted by molar-refractivity contribution is -0.320. The van der Waals surface area contributed by atoms with E-state index in [0.717, 1.165) is 0 Å². The third kappa shape index (κ3) is 2.79. The van der Waals surface area contributed by atoms with Crippen molar-refractivity contribution in [2.45, 2.75) is 17.9 Å². The zero-order valence-electron chi connectivity index (χ0n) is 13.6. The Kier molecular flexibility index (Phi) is 4.78. The first-order valence-electron chi connectivity index (χ1n) is 7.82. The van der Waals surface area contributed by atoms with Gasteiger partial charge in [0.25, 0.3) is 0 Å². The number of nitrogens with zero attached hydrogens (tertiary/aromatic N) is 1. The maximum Gasteiger partial charge on any atom is 0.198 e. The molecule has 4 heteroatoms. The summed E-state index contributed by atoms with van der Waals surface area (Å²) in [5.74, 6) is -0.740. The van der Waals surface area contributed by atoms with Crippen LogP contribution >= 0.6 is 0 Å². The fourth-order valence-corrected chi connectivity index (χ4v) is 3.46. The van der Waals surface area contributed by atoms with Crippen molar-refractivity contribution < 1.29 is 14.6 Å². The van der Waals surface area contributed by atoms with Crippen LogP contribution in [-0.2, 0) is 9.47 Å². The van der Waals surface area contributed by atoms with Gasteiger partial charge in [-0.1, -0.05) is 60.7 Å². The summed E-state index contributed by atoms with van der Waals surface area (Å²) in [7, 11) is 3.26. The lowest BCUT2D eigenvalue weighted by Crippen LogP contribution is -2.73. The Balaban J connectivity index is 1.98. The second-order valence-corrected chi connectivity index (χ2v) is 5.81. The highest BCUT2D eigenvalue weighted by Gasteiger charge is 2.56. The molecular weight excluding hydrogens is 290 g/mol. The van der Waals surface area contributed by atoms with E-state index in [1.54, 1.807) is 14.2 Å². The number of aliphatic hydroxyl groups is 1. The molecule has 0 spiro atoms. The van der Waals surface area contributed by atoms with Gasteiger partial charge < -0.3 is 14.6 Å². The van der Waals surface area contributed by atoms with Gasteiger partial charge in [0.15, 0.2) is 5.79 Å². The van der Waals surface area contributed by atoms with Crippen LogP contribution in [0.5, 0.6) is 0 Å². The maximum atomic E-state index is 9.90. The molecule has 1 unspecified atom stereocenters. The predicted octanol–water partition coefficient (Wildman–Crippen LogP) is 2.44. The molecule has 2 aromatic carbocycles. The highest BCUT2D eigenvalue weighted by atomic mass is 16.7. The highest BCUT2D eigenvalue weighted by molar-refractivity contribution is 5.33. The van der Waals surface area contributed by atoms with Crippen molar-refractivity contribution in [1.29, 1.82) is 0 Å². The van der Waals surface area contributed by atoms with Crippen molar-refractivity contribution in [2.75, 3.05) is 27.4 Å². The molecule has 23 heavy (non-hydrogen) atoms. The normalized spacial score (nSPS) is 20.4. The topological polar surface area (TPSA) is 41.9 Å². The molecule has 4 nitrogen and oxygen atoms in total. The first kappa shape index (κ1) is 16.1. The Morgan fingerprint density at radius 2 is 1.48 bits per heavy atom. The van der Waals surface area contributed by atoms with Crippen LogP contribution in [0.15, 0.2) is 60.7 Å². The summed E-state index contributed by atoms with van der Waals surface area (Å²) in [4.78, 5) is 2.23. The fourth-order valence-electron chi connectivity index (χ4n) is 3.46. The minimum absolute atomic E-state index is 0.0160. The molecule has 0 saturated carbocycles. The molecule has 2 aromatic rings. The third-order valence-electron chi connectivity index (χ3n) is 4.74. The van der Waals surface area contributed by atoms with Crippen LogP contribution in [0.1, 0.15) is 17.2 Å². The minimum atomic E-state index is -0.740. The van der Waals surface area contributed by atoms with Crippen LogP contribution in [-0.4, -0.2) is 49.2 Å². The first-order chi connectivity index (χ1) is 11.3. The Morgan fingerprint density at radius 1 is 1.00 bits per heavy atom. The number of rotatable bonds is 6. The van der Waals surface area contributed by atoms with Crippen LogP contribution in [0.25, 0.3) is 0 Å². The monoisotopic (exact) mass is 313 g/mol. The highest BCUT2D eigenvalue weighted by Crippen LogP contribution is 2.42. The summed E-state index contributed by atoms with van der Waals surface area (Å²) < 4.78 is 11.1. The van der Waals surface area contributed by atoms with E-state index < -0.39 is 5.79 Å². The van der Waals surface area contributed by atoms with E-state index in [-0.39, 0.29) is 18.7 Å². The molecule has 1 aliphatic heterocycles. The summed E-state index contributed by atoms with van der Waals surface area (Å²) in [6.45, 7) is 0.595. The molecule has 3 rings (SSSR count). The van der Waals surface area contributed by atoms with Crippen LogP contribution in [0.3, 0.4) is 0 Å². The Hall–Kier alpha value is -1.72. The summed E-state index contributed by atoms with van der Waals surface area (Å²) in [5, 5.41) is 9.90. The summed E-state index contributed by atoms with van der Waals surface area (Å²) in [5.41, 5.74) is 2.39. The van der Waals surface area contributed by atoms with E-state index in [9.17, 15) is 5.11 Å². The van der Waals surface area contributed by atoms with E-state index in [4.69, 9.17) is 9.47 Å². The van der Waals surface area contributed by atoms with Gasteiger partial charge in [-0.2, -0.15) is 0 Å². The maximum absolute atomic E-state index is 9.90. The largest absolute Gasteiger partial charge is 0.395 e. The molecule has 1 N–H and O–H groups in total. The number of likely N-dealkylation sites (tertiary alicyclic amines) is 1. The van der Waals surface area contributed by atoms with Crippen LogP contribution in [0, 0.1) is 0 Å². The number of aliphatic hydroxyl groups excluding tert-OH is 1. The fraction of sp³-hybridized carbons (Fsp3) is 0.368. The molecular formula is C19H23NO3. The number of hydrogen-bond donors (Lipinski definition) is 1. The standard InChI is InChI=1S/C19H23NO3/c1-22-19(23-2)14-20(17(19)13-21)18(15-9-5-3-6-10-15)16-11-7-4-8-12-16/h3-12,17-18,21H,13-14H2,1-2H3. The average molecular weight is 313 g/mol. The quantitative estimate of drug-likeness (QED) is 0.832. The zero-order chi connectivity index (χ0) is 16.3. The molecule has 1 atom stereocenters. The van der Waals surface area contributed by atoms with Crippen molar-refractivity contribution in [3.8, 4) is 0 Å². The molecule has 1 heterocycles. The molecule has 0 bridgehead atoms. The van der Waals surface area contributed by atoms with E-state index >= 15 is 0 Å². The van der Waals surface area contributed by atoms with Gasteiger partial charge in [-0.3, -0.25) is 4.90 Å². The molecule has 122 valence electrons. The van der Waals surface area contributed by atoms with E-state index in [0.29, 0.717) is 6.54 Å². The number of hydrogen-bond acceptors (Lipinski definition) is 4. The van der Waals surface area contributed by atoms with E-state index in [1.165, 1.54) is 11.1 Å². The second-order valence-electron chi connectivity index (χ2n) is 5.81. The molecule has 1 aliphatic rings. The van der Waals surface area contributed by atoms with Crippen LogP contribution in [0.2, 0.25) is 0 Å². The SMILES string of the molecule is COC1(OC)CN(C(c2ccccc2)c2ccccc2)C1CO. The Labute approximate surface area is 137 Å². The van der Waals surface area contributed by atoms with Crippen molar-refractivity contribution in [2.24, 2.45) is 0 Å². The van der Waals surface area contributed by atoms with Crippen LogP contribution < -0.4 is 0 Å². The molecule has 0 amide bonds. The third-order valence-corrected chi connectivity index (χ3v) is 4.74. The van der Waals surface area contributed by atoms with Gasteiger partial charge in [-0.05, 0) is 11.1 Å². The first-order valence-corrected chi connectivity index (χ1v) is 7.82. The minimum Gasteiger partial charge on any atom is -0.395 e. The number of methoxy groups -OCH3 is 2. The van der Waals surface area contributed by atoms with Crippen molar-refractivity contribution in [3.63, 3.8) is 0 Å². The van der Waals surface area contributed by atoms with Gasteiger partial charge in [0.1, 0.15) is 0 Å². The lowest BCUT2D eigenvalue weighted by Gasteiger charge is -2.57. The molecule has 0 aromatic heterocycles. The second kappa shape index (κ2) is 6.81. The van der Waals surface area contributed by atoms with Crippen molar-refractivity contribution in [1.82, 2.24) is 4.90 Å². The van der Waals surface area contributed by atoms with Crippen LogP contribution in [0.4, 0.5) is 0 Å². The van der Waals surface area contributed by atoms with Crippen molar-refractivity contribution in [3.05, 3.63) is 71.8 Å². The molecule has 1 fully saturated rings. The zero-order valence-corrected chi connectivity index (χ0v) is 13.6. The lowest BCUT2D eigenvalue weighted by atomic mass is 9.87. The van der Waals surface area contributed by atoms with Crippen molar-refractivity contribution >= 4 is 0 Å². The van der Waals surface area contributed by atoms with Gasteiger partial charge in [0.2, 0.25) is 0 Å². The Morgan fingerprint density at radius 3 is 1.87 bits per heavy atom. The summed E-state index contributed by atoms with van der Waals surface area (Å²) >= 11 is 0. The number of ether oxygens (including phenoxy) is 2. The van der Waals surface area contributed by atoms with Gasteiger partial charge in [-0.25, -0.2) is 0 Å². The van der Waals surface area contributed by atoms with E-state index in [1.807, 2.05) is 36.4 Å². The number of benzene rings is 2. The smallest absolute Gasteiger partial charge is 0.198 e. The molecule has 0 radical (unpaired) electrons. The predicted molar refractivity (Wildman–Crippen MR) is 89.1 cm³/mol. The van der Waals surface area contributed by atoms with Gasteiger partial charge in [0, 0.05) is 14.2 Å². The molecule has 0 aliphatic carbocycles. The van der Waals surface area contributed by atoms with Gasteiger partial charge in [-0.15, -0.1) is 0 Å². The Bertz CT molecular complexity index is 574. The average Bonchev–Trinajstić information content (AvgIpc) is 2.60.